The number of hydrogen-bond acceptors (Lipinski definition) is 2. The Bertz CT molecular complexity index is 422. The molecule has 1 aliphatic carbocycles. The highest BCUT2D eigenvalue weighted by molar-refractivity contribution is 5.27. The number of aliphatic hydroxyl groups excluding tert-OH is 1. The van der Waals surface area contributed by atoms with E-state index in [2.05, 4.69) is 30.6 Å². The van der Waals surface area contributed by atoms with Crippen LogP contribution in [0.15, 0.2) is 0 Å². The van der Waals surface area contributed by atoms with Crippen molar-refractivity contribution in [3.63, 3.8) is 0 Å². The Morgan fingerprint density at radius 1 is 1.22 bits per heavy atom. The van der Waals surface area contributed by atoms with Crippen molar-refractivity contribution in [1.29, 1.82) is 0 Å². The van der Waals surface area contributed by atoms with Gasteiger partial charge in [0.05, 0.1) is 17.8 Å². The number of hydrogen-bond donors (Lipinski definition) is 1. The van der Waals surface area contributed by atoms with Crippen molar-refractivity contribution in [2.75, 3.05) is 0 Å². The fraction of sp³-hybridized carbons (Fsp3) is 0.800. The highest BCUT2D eigenvalue weighted by atomic mass is 16.3. The summed E-state index contributed by atoms with van der Waals surface area (Å²) in [5.74, 6) is 1.59. The molecule has 1 heterocycles. The molecule has 0 spiro atoms. The second-order valence-corrected chi connectivity index (χ2v) is 6.13. The monoisotopic (exact) mass is 250 g/mol. The number of rotatable bonds is 2. The quantitative estimate of drug-likeness (QED) is 0.871. The third kappa shape index (κ3) is 2.33. The Balaban J connectivity index is 2.27. The minimum atomic E-state index is -0.418. The topological polar surface area (TPSA) is 38.0 Å². The minimum Gasteiger partial charge on any atom is -0.389 e. The van der Waals surface area contributed by atoms with Crippen LogP contribution in [-0.4, -0.2) is 14.9 Å². The number of aromatic nitrogens is 2. The Hall–Kier alpha value is -0.830. The summed E-state index contributed by atoms with van der Waals surface area (Å²) in [5, 5.41) is 14.5. The van der Waals surface area contributed by atoms with Crippen LogP contribution in [-0.2, 0) is 0 Å². The maximum Gasteiger partial charge on any atom is 0.0797 e. The lowest BCUT2D eigenvalue weighted by atomic mass is 9.79. The lowest BCUT2D eigenvalue weighted by Crippen LogP contribution is -2.24. The molecule has 2 rings (SSSR count). The van der Waals surface area contributed by atoms with Gasteiger partial charge in [-0.2, -0.15) is 5.10 Å². The van der Waals surface area contributed by atoms with Crippen molar-refractivity contribution in [2.24, 2.45) is 11.8 Å². The predicted molar refractivity (Wildman–Crippen MR) is 73.6 cm³/mol. The van der Waals surface area contributed by atoms with Gasteiger partial charge >= 0.3 is 0 Å². The number of aryl methyl sites for hydroxylation is 1. The molecule has 4 unspecified atom stereocenters. The van der Waals surface area contributed by atoms with Crippen LogP contribution < -0.4 is 0 Å². The zero-order valence-corrected chi connectivity index (χ0v) is 12.3. The molecular weight excluding hydrogens is 224 g/mol. The Morgan fingerprint density at radius 3 is 2.39 bits per heavy atom. The van der Waals surface area contributed by atoms with Crippen LogP contribution in [0.3, 0.4) is 0 Å². The maximum atomic E-state index is 9.84. The van der Waals surface area contributed by atoms with E-state index in [1.54, 1.807) is 0 Å². The van der Waals surface area contributed by atoms with Crippen molar-refractivity contribution < 1.29 is 5.11 Å². The summed E-state index contributed by atoms with van der Waals surface area (Å²) in [5.41, 5.74) is 3.14. The zero-order valence-electron chi connectivity index (χ0n) is 12.3. The summed E-state index contributed by atoms with van der Waals surface area (Å²) in [6.45, 7) is 10.6. The summed E-state index contributed by atoms with van der Waals surface area (Å²) in [7, 11) is 0. The molecule has 1 aromatic rings. The van der Waals surface area contributed by atoms with Crippen molar-refractivity contribution in [2.45, 2.75) is 66.0 Å². The molecule has 0 saturated heterocycles. The van der Waals surface area contributed by atoms with Crippen LogP contribution in [0.5, 0.6) is 0 Å². The third-order valence-electron chi connectivity index (χ3n) is 4.72. The first-order valence-electron chi connectivity index (χ1n) is 7.15. The highest BCUT2D eigenvalue weighted by Crippen LogP contribution is 2.37. The normalized spacial score (nSPS) is 30.4. The lowest BCUT2D eigenvalue weighted by Gasteiger charge is -2.32. The SMILES string of the molecule is Cc1nn(C2CCC(C)C(C)C2)c(C)c1C(C)O. The molecule has 1 saturated carbocycles. The Kier molecular flexibility index (Phi) is 3.81. The average Bonchev–Trinajstić information content (AvgIpc) is 2.58. The van der Waals surface area contributed by atoms with E-state index in [9.17, 15) is 5.11 Å². The van der Waals surface area contributed by atoms with Gasteiger partial charge in [0.25, 0.3) is 0 Å². The fourth-order valence-electron chi connectivity index (χ4n) is 3.38. The molecule has 1 N–H and O–H groups in total. The maximum absolute atomic E-state index is 9.84. The van der Waals surface area contributed by atoms with Gasteiger partial charge in [-0.15, -0.1) is 0 Å². The molecule has 3 nitrogen and oxygen atoms in total. The number of nitrogens with zero attached hydrogens (tertiary/aromatic N) is 2. The first-order valence-corrected chi connectivity index (χ1v) is 7.15. The van der Waals surface area contributed by atoms with Gasteiger partial charge in [-0.3, -0.25) is 4.68 Å². The molecule has 18 heavy (non-hydrogen) atoms. The Morgan fingerprint density at radius 2 is 1.89 bits per heavy atom. The van der Waals surface area contributed by atoms with E-state index in [-0.39, 0.29) is 0 Å². The minimum absolute atomic E-state index is 0.418. The average molecular weight is 250 g/mol. The molecular formula is C15H26N2O. The van der Waals surface area contributed by atoms with Crippen LogP contribution in [0.4, 0.5) is 0 Å². The van der Waals surface area contributed by atoms with Gasteiger partial charge < -0.3 is 5.11 Å². The molecule has 0 amide bonds. The van der Waals surface area contributed by atoms with Gasteiger partial charge in [0.1, 0.15) is 0 Å². The predicted octanol–water partition coefficient (Wildman–Crippen LogP) is 3.55. The van der Waals surface area contributed by atoms with Gasteiger partial charge in [0.15, 0.2) is 0 Å². The molecule has 4 atom stereocenters. The van der Waals surface area contributed by atoms with Gasteiger partial charge in [-0.25, -0.2) is 0 Å². The van der Waals surface area contributed by atoms with Gasteiger partial charge in [-0.05, 0) is 51.9 Å². The van der Waals surface area contributed by atoms with Gasteiger partial charge in [0.2, 0.25) is 0 Å². The highest BCUT2D eigenvalue weighted by Gasteiger charge is 2.28. The molecule has 1 fully saturated rings. The van der Waals surface area contributed by atoms with Crippen molar-refractivity contribution in [3.8, 4) is 0 Å². The van der Waals surface area contributed by atoms with Crippen molar-refractivity contribution in [1.82, 2.24) is 9.78 Å². The zero-order chi connectivity index (χ0) is 13.4. The first-order chi connectivity index (χ1) is 8.41. The smallest absolute Gasteiger partial charge is 0.0797 e. The van der Waals surface area contributed by atoms with E-state index < -0.39 is 6.10 Å². The molecule has 0 bridgehead atoms. The van der Waals surface area contributed by atoms with E-state index in [0.717, 1.165) is 28.8 Å². The van der Waals surface area contributed by atoms with E-state index in [0.29, 0.717) is 6.04 Å². The number of aliphatic hydroxyl groups is 1. The van der Waals surface area contributed by atoms with Gasteiger partial charge in [-0.1, -0.05) is 13.8 Å². The molecule has 0 aromatic carbocycles. The second kappa shape index (κ2) is 5.04. The third-order valence-corrected chi connectivity index (χ3v) is 4.72. The van der Waals surface area contributed by atoms with E-state index in [4.69, 9.17) is 0 Å². The van der Waals surface area contributed by atoms with Gasteiger partial charge in [0, 0.05) is 11.3 Å². The summed E-state index contributed by atoms with van der Waals surface area (Å²) < 4.78 is 2.17. The molecule has 1 aliphatic rings. The molecule has 1 aromatic heterocycles. The van der Waals surface area contributed by atoms with Crippen LogP contribution in [0, 0.1) is 25.7 Å². The van der Waals surface area contributed by atoms with Crippen molar-refractivity contribution in [3.05, 3.63) is 17.0 Å². The largest absolute Gasteiger partial charge is 0.389 e. The molecule has 102 valence electrons. The van der Waals surface area contributed by atoms with Crippen LogP contribution >= 0.6 is 0 Å². The standard InChI is InChI=1S/C15H26N2O/c1-9-6-7-14(8-10(9)2)17-12(4)15(13(5)18)11(3)16-17/h9-10,13-14,18H,6-8H2,1-5H3. The fourth-order valence-corrected chi connectivity index (χ4v) is 3.38. The molecule has 3 heteroatoms. The van der Waals surface area contributed by atoms with Crippen LogP contribution in [0.1, 0.15) is 69.1 Å². The Labute approximate surface area is 110 Å². The molecule has 0 radical (unpaired) electrons. The first kappa shape index (κ1) is 13.6. The second-order valence-electron chi connectivity index (χ2n) is 6.13. The summed E-state index contributed by atoms with van der Waals surface area (Å²) in [4.78, 5) is 0. The van der Waals surface area contributed by atoms with E-state index in [1.807, 2.05) is 13.8 Å². The summed E-state index contributed by atoms with van der Waals surface area (Å²) >= 11 is 0. The van der Waals surface area contributed by atoms with Crippen molar-refractivity contribution >= 4 is 0 Å². The summed E-state index contributed by atoms with van der Waals surface area (Å²) in [6, 6.07) is 0.516. The van der Waals surface area contributed by atoms with Crippen LogP contribution in [0.2, 0.25) is 0 Å². The van der Waals surface area contributed by atoms with E-state index in [1.165, 1.54) is 19.3 Å². The van der Waals surface area contributed by atoms with Crippen LogP contribution in [0.25, 0.3) is 0 Å². The molecule has 0 aliphatic heterocycles. The van der Waals surface area contributed by atoms with E-state index >= 15 is 0 Å². The lowest BCUT2D eigenvalue weighted by molar-refractivity contribution is 0.192. The summed E-state index contributed by atoms with van der Waals surface area (Å²) in [6.07, 6.45) is 3.29.